The molecular formula is C16H27BFNO4. The molecule has 2 rings (SSSR count). The molecule has 0 bridgehead atoms. The normalized spacial score (nSPS) is 26.3. The molecule has 2 saturated heterocycles. The average molecular weight is 327 g/mol. The second kappa shape index (κ2) is 6.53. The monoisotopic (exact) mass is 327 g/mol. The Hall–Kier alpha value is -0.915. The number of rotatable bonds is 4. The van der Waals surface area contributed by atoms with E-state index in [1.54, 1.807) is 6.92 Å². The molecule has 0 aromatic carbocycles. The lowest BCUT2D eigenvalue weighted by atomic mass is 9.84. The van der Waals surface area contributed by atoms with Gasteiger partial charge in [-0.05, 0) is 66.1 Å². The number of hydrogen-bond donors (Lipinski definition) is 1. The second-order valence-electron chi connectivity index (χ2n) is 7.61. The number of carbonyl (C=O) groups is 1. The number of piperidine rings is 1. The van der Waals surface area contributed by atoms with Gasteiger partial charge in [-0.1, -0.05) is 0 Å². The molecular weight excluding hydrogens is 300 g/mol. The van der Waals surface area contributed by atoms with Gasteiger partial charge in [0.05, 0.1) is 17.1 Å². The molecule has 0 amide bonds. The van der Waals surface area contributed by atoms with Crippen LogP contribution in [0.15, 0.2) is 11.3 Å². The minimum atomic E-state index is -0.962. The first-order chi connectivity index (χ1) is 10.5. The fraction of sp³-hybridized carbons (Fsp3) is 0.812. The Kier molecular flexibility index (Phi) is 5.23. The van der Waals surface area contributed by atoms with E-state index in [2.05, 4.69) is 4.90 Å². The van der Waals surface area contributed by atoms with Gasteiger partial charge in [-0.15, -0.1) is 0 Å². The highest BCUT2D eigenvalue weighted by molar-refractivity contribution is 6.53. The Balaban J connectivity index is 1.96. The summed E-state index contributed by atoms with van der Waals surface area (Å²) in [7, 11) is -0.962. The molecule has 2 heterocycles. The Morgan fingerprint density at radius 3 is 2.13 bits per heavy atom. The number of nitrogens with zero attached hydrogens (tertiary/aromatic N) is 1. The van der Waals surface area contributed by atoms with Crippen molar-refractivity contribution in [2.45, 2.75) is 58.7 Å². The zero-order valence-electron chi connectivity index (χ0n) is 14.7. The molecule has 0 atom stereocenters. The van der Waals surface area contributed by atoms with Gasteiger partial charge in [0.25, 0.3) is 0 Å². The fourth-order valence-electron chi connectivity index (χ4n) is 2.90. The topological polar surface area (TPSA) is 59.0 Å². The molecule has 1 N–H and O–H groups in total. The van der Waals surface area contributed by atoms with Gasteiger partial charge in [-0.3, -0.25) is 9.69 Å². The maximum atomic E-state index is 14.7. The first kappa shape index (κ1) is 18.4. The zero-order chi connectivity index (χ0) is 17.4. The second-order valence-corrected chi connectivity index (χ2v) is 7.61. The molecule has 2 aliphatic heterocycles. The van der Waals surface area contributed by atoms with Crippen LogP contribution in [0.1, 0.15) is 47.5 Å². The lowest BCUT2D eigenvalue weighted by Crippen LogP contribution is -2.41. The van der Waals surface area contributed by atoms with Crippen LogP contribution in [0.25, 0.3) is 0 Å². The Labute approximate surface area is 138 Å². The number of hydrogen-bond acceptors (Lipinski definition) is 4. The van der Waals surface area contributed by atoms with Crippen LogP contribution >= 0.6 is 0 Å². The van der Waals surface area contributed by atoms with Gasteiger partial charge in [-0.25, -0.2) is 4.39 Å². The van der Waals surface area contributed by atoms with E-state index in [1.165, 1.54) is 0 Å². The van der Waals surface area contributed by atoms with Crippen molar-refractivity contribution in [1.29, 1.82) is 0 Å². The zero-order valence-corrected chi connectivity index (χ0v) is 14.7. The predicted molar refractivity (Wildman–Crippen MR) is 86.7 cm³/mol. The van der Waals surface area contributed by atoms with E-state index in [4.69, 9.17) is 14.4 Å². The highest BCUT2D eigenvalue weighted by Gasteiger charge is 2.53. The summed E-state index contributed by atoms with van der Waals surface area (Å²) < 4.78 is 26.1. The molecule has 0 aliphatic carbocycles. The highest BCUT2D eigenvalue weighted by atomic mass is 19.1. The number of halogens is 1. The number of carboxylic acid groups (broad SMARTS) is 1. The van der Waals surface area contributed by atoms with Gasteiger partial charge < -0.3 is 14.4 Å². The highest BCUT2D eigenvalue weighted by Crippen LogP contribution is 2.39. The van der Waals surface area contributed by atoms with Crippen LogP contribution in [-0.2, 0) is 14.1 Å². The van der Waals surface area contributed by atoms with Gasteiger partial charge in [-0.2, -0.15) is 0 Å². The predicted octanol–water partition coefficient (Wildman–Crippen LogP) is 2.66. The Morgan fingerprint density at radius 2 is 1.70 bits per heavy atom. The van der Waals surface area contributed by atoms with E-state index in [1.807, 2.05) is 27.7 Å². The summed E-state index contributed by atoms with van der Waals surface area (Å²) in [6.07, 6.45) is 1.22. The molecule has 2 fully saturated rings. The van der Waals surface area contributed by atoms with Crippen LogP contribution in [-0.4, -0.2) is 53.9 Å². The van der Waals surface area contributed by atoms with Crippen molar-refractivity contribution in [2.75, 3.05) is 19.6 Å². The summed E-state index contributed by atoms with van der Waals surface area (Å²) in [5.41, 5.74) is -0.911. The quantitative estimate of drug-likeness (QED) is 0.805. The molecule has 0 aromatic heterocycles. The fourth-order valence-corrected chi connectivity index (χ4v) is 2.90. The molecule has 0 unspecified atom stereocenters. The van der Waals surface area contributed by atoms with E-state index in [0.717, 1.165) is 0 Å². The molecule has 23 heavy (non-hydrogen) atoms. The Bertz CT molecular complexity index is 482. The van der Waals surface area contributed by atoms with Gasteiger partial charge >= 0.3 is 13.1 Å². The van der Waals surface area contributed by atoms with E-state index < -0.39 is 24.3 Å². The lowest BCUT2D eigenvalue weighted by Gasteiger charge is -2.32. The third-order valence-electron chi connectivity index (χ3n) is 5.27. The van der Waals surface area contributed by atoms with Gasteiger partial charge in [0.2, 0.25) is 0 Å². The number of likely N-dealkylation sites (tertiary alicyclic amines) is 1. The molecule has 0 radical (unpaired) electrons. The van der Waals surface area contributed by atoms with Crippen molar-refractivity contribution in [3.05, 3.63) is 11.3 Å². The van der Waals surface area contributed by atoms with Crippen molar-refractivity contribution in [3.8, 4) is 0 Å². The summed E-state index contributed by atoms with van der Waals surface area (Å²) in [6, 6.07) is 0. The van der Waals surface area contributed by atoms with Gasteiger partial charge in [0.1, 0.15) is 5.73 Å². The van der Waals surface area contributed by atoms with Crippen molar-refractivity contribution >= 4 is 13.1 Å². The maximum Gasteiger partial charge on any atom is 0.525 e. The van der Waals surface area contributed by atoms with Gasteiger partial charge in [0.15, 0.2) is 0 Å². The van der Waals surface area contributed by atoms with Crippen LogP contribution in [0.3, 0.4) is 0 Å². The van der Waals surface area contributed by atoms with Crippen LogP contribution < -0.4 is 0 Å². The van der Waals surface area contributed by atoms with E-state index in [0.29, 0.717) is 38.0 Å². The molecule has 5 nitrogen and oxygen atoms in total. The van der Waals surface area contributed by atoms with E-state index in [9.17, 15) is 9.18 Å². The van der Waals surface area contributed by atoms with Crippen LogP contribution in [0.2, 0.25) is 0 Å². The largest absolute Gasteiger partial charge is 0.525 e. The molecule has 2 aliphatic rings. The Morgan fingerprint density at radius 1 is 1.22 bits per heavy atom. The molecule has 7 heteroatoms. The van der Waals surface area contributed by atoms with Crippen molar-refractivity contribution in [1.82, 2.24) is 4.90 Å². The van der Waals surface area contributed by atoms with Crippen LogP contribution in [0.4, 0.5) is 4.39 Å². The van der Waals surface area contributed by atoms with Crippen molar-refractivity contribution in [3.63, 3.8) is 0 Å². The smallest absolute Gasteiger partial charge is 0.481 e. The standard InChI is InChI=1S/C16H27BFNO4/c1-11(10-19-8-6-12(7-9-19)14(20)21)13(18)17-22-15(2,3)16(4,5)23-17/h12H,6-10H2,1-5H3,(H,20,21). The first-order valence-corrected chi connectivity index (χ1v) is 8.19. The minimum absolute atomic E-state index is 0.275. The van der Waals surface area contributed by atoms with Crippen molar-refractivity contribution in [2.24, 2.45) is 5.92 Å². The van der Waals surface area contributed by atoms with Crippen LogP contribution in [0, 0.1) is 5.92 Å². The molecule has 0 aromatic rings. The first-order valence-electron chi connectivity index (χ1n) is 8.19. The molecule has 0 spiro atoms. The van der Waals surface area contributed by atoms with E-state index in [-0.39, 0.29) is 11.6 Å². The van der Waals surface area contributed by atoms with Crippen molar-refractivity contribution < 1.29 is 23.6 Å². The maximum absolute atomic E-state index is 14.7. The summed E-state index contributed by atoms with van der Waals surface area (Å²) in [6.45, 7) is 11.1. The average Bonchev–Trinajstić information content (AvgIpc) is 2.67. The summed E-state index contributed by atoms with van der Waals surface area (Å²) in [5.74, 6) is -1.01. The summed E-state index contributed by atoms with van der Waals surface area (Å²) in [4.78, 5) is 13.0. The van der Waals surface area contributed by atoms with E-state index >= 15 is 0 Å². The SMILES string of the molecule is CC(CN1CCC(C(=O)O)CC1)=C(F)B1OC(C)(C)C(C)(C)O1. The molecule has 130 valence electrons. The van der Waals surface area contributed by atoms with Gasteiger partial charge in [0, 0.05) is 6.54 Å². The number of carboxylic acids is 1. The summed E-state index contributed by atoms with van der Waals surface area (Å²) >= 11 is 0. The minimum Gasteiger partial charge on any atom is -0.481 e. The molecule has 0 saturated carbocycles. The lowest BCUT2D eigenvalue weighted by molar-refractivity contribution is -0.143. The summed E-state index contributed by atoms with van der Waals surface area (Å²) in [5, 5.41) is 9.02. The van der Waals surface area contributed by atoms with Crippen LogP contribution in [0.5, 0.6) is 0 Å². The number of aliphatic carboxylic acids is 1. The third-order valence-corrected chi connectivity index (χ3v) is 5.27. The third kappa shape index (κ3) is 3.95.